The zero-order valence-corrected chi connectivity index (χ0v) is 30.0. The van der Waals surface area contributed by atoms with Crippen molar-refractivity contribution in [3.05, 3.63) is 71.4 Å². The molecular formula is C41H45N5O7. The van der Waals surface area contributed by atoms with E-state index in [-0.39, 0.29) is 29.9 Å². The van der Waals surface area contributed by atoms with E-state index >= 15 is 0 Å². The number of fused-ring (bicyclic) bond motifs is 4. The van der Waals surface area contributed by atoms with Crippen molar-refractivity contribution in [1.29, 1.82) is 0 Å². The molecule has 3 aromatic rings. The first-order chi connectivity index (χ1) is 25.8. The van der Waals surface area contributed by atoms with E-state index in [1.807, 2.05) is 24.3 Å². The Morgan fingerprint density at radius 2 is 1.55 bits per heavy atom. The van der Waals surface area contributed by atoms with Gasteiger partial charge in [-0.15, -0.1) is 0 Å². The summed E-state index contributed by atoms with van der Waals surface area (Å²) >= 11 is 0. The Morgan fingerprint density at radius 1 is 0.849 bits per heavy atom. The Hall–Kier alpha value is -5.39. The number of nitrogens with one attached hydrogen (secondary N) is 2. The SMILES string of the molecule is COc1cc2c(cc1OCCCCCOc1cc3c(cc1OC1CC1)C(=O)N1CC4(CC4)C[C@H]1CN3)NC(=O)[C@@H]1CC(c3ccc(N)cc3)=CN1C2=O. The third-order valence-corrected chi connectivity index (χ3v) is 11.5. The molecule has 0 radical (unpaired) electrons. The van der Waals surface area contributed by atoms with Gasteiger partial charge in [-0.25, -0.2) is 0 Å². The summed E-state index contributed by atoms with van der Waals surface area (Å²) in [7, 11) is 1.53. The van der Waals surface area contributed by atoms with Gasteiger partial charge in [0.15, 0.2) is 23.0 Å². The number of benzene rings is 3. The molecular weight excluding hydrogens is 674 g/mol. The minimum absolute atomic E-state index is 0.0903. The molecule has 0 aromatic heterocycles. The lowest BCUT2D eigenvalue weighted by Crippen LogP contribution is -2.38. The maximum Gasteiger partial charge on any atom is 0.260 e. The van der Waals surface area contributed by atoms with E-state index in [2.05, 4.69) is 15.5 Å². The van der Waals surface area contributed by atoms with Gasteiger partial charge >= 0.3 is 0 Å². The number of unbranched alkanes of at least 4 members (excludes halogenated alkanes) is 2. The largest absolute Gasteiger partial charge is 0.493 e. The van der Waals surface area contributed by atoms with Crippen molar-refractivity contribution >= 4 is 40.4 Å². The van der Waals surface area contributed by atoms with Crippen LogP contribution in [0.4, 0.5) is 17.1 Å². The first-order valence-corrected chi connectivity index (χ1v) is 18.8. The lowest BCUT2D eigenvalue weighted by atomic mass is 10.0. The quantitative estimate of drug-likeness (QED) is 0.150. The average Bonchev–Trinajstić information content (AvgIpc) is 4.06. The summed E-state index contributed by atoms with van der Waals surface area (Å²) in [5, 5.41) is 6.49. The molecule has 0 unspecified atom stereocenters. The number of anilines is 3. The molecule has 3 amide bonds. The highest BCUT2D eigenvalue weighted by atomic mass is 16.5. The fourth-order valence-electron chi connectivity index (χ4n) is 8.10. The number of ether oxygens (including phenoxy) is 4. The van der Waals surface area contributed by atoms with Crippen molar-refractivity contribution in [2.24, 2.45) is 5.41 Å². The van der Waals surface area contributed by atoms with Gasteiger partial charge in [-0.2, -0.15) is 0 Å². The van der Waals surface area contributed by atoms with Crippen LogP contribution >= 0.6 is 0 Å². The minimum atomic E-state index is -0.659. The molecule has 6 aliphatic rings. The van der Waals surface area contributed by atoms with Crippen molar-refractivity contribution in [3.63, 3.8) is 0 Å². The molecule has 2 atom stereocenters. The smallest absolute Gasteiger partial charge is 0.260 e. The monoisotopic (exact) mass is 719 g/mol. The second kappa shape index (κ2) is 13.2. The molecule has 4 aliphatic heterocycles. The molecule has 3 fully saturated rings. The molecule has 4 N–H and O–H groups in total. The number of hydrogen-bond acceptors (Lipinski definition) is 9. The number of nitrogens with zero attached hydrogens (tertiary/aromatic N) is 2. The van der Waals surface area contributed by atoms with Gasteiger partial charge in [-0.1, -0.05) is 12.1 Å². The van der Waals surface area contributed by atoms with Crippen LogP contribution in [0.2, 0.25) is 0 Å². The first-order valence-electron chi connectivity index (χ1n) is 18.8. The van der Waals surface area contributed by atoms with Gasteiger partial charge in [0.1, 0.15) is 6.04 Å². The standard InChI is InChI=1S/C41H45N5O7/c1-50-34-16-30-32(44-38(47)33-15-25(22-45(33)39(30)48)24-5-7-26(42)8-6-24)19-35(34)51-13-3-2-4-14-52-36-18-31-29(17-37(36)53-28-9-10-28)40(49)46-23-41(11-12-41)20-27(46)21-43-31/h5-8,16-19,22,27-28,33,43H,2-4,9-15,20-21,23,42H2,1H3,(H,44,47)/t27-,33-/m0/s1. The topological polar surface area (TPSA) is 145 Å². The van der Waals surface area contributed by atoms with E-state index in [0.717, 1.165) is 68.4 Å². The van der Waals surface area contributed by atoms with Crippen molar-refractivity contribution in [3.8, 4) is 23.0 Å². The normalized spacial score (nSPS) is 22.1. The van der Waals surface area contributed by atoms with Crippen LogP contribution in [0.5, 0.6) is 23.0 Å². The van der Waals surface area contributed by atoms with E-state index in [1.165, 1.54) is 24.9 Å². The second-order valence-electron chi connectivity index (χ2n) is 15.3. The minimum Gasteiger partial charge on any atom is -0.493 e. The van der Waals surface area contributed by atoms with E-state index in [9.17, 15) is 14.4 Å². The maximum atomic E-state index is 13.7. The number of nitrogen functional groups attached to an aromatic ring is 1. The molecule has 4 heterocycles. The van der Waals surface area contributed by atoms with Crippen LogP contribution in [-0.2, 0) is 4.79 Å². The van der Waals surface area contributed by atoms with Crippen LogP contribution in [0, 0.1) is 5.41 Å². The van der Waals surface area contributed by atoms with Crippen LogP contribution in [0.3, 0.4) is 0 Å². The van der Waals surface area contributed by atoms with Crippen LogP contribution in [-0.4, -0.2) is 79.1 Å². The highest BCUT2D eigenvalue weighted by Gasteiger charge is 2.54. The summed E-state index contributed by atoms with van der Waals surface area (Å²) in [6, 6.07) is 14.1. The van der Waals surface area contributed by atoms with Crippen molar-refractivity contribution in [2.45, 2.75) is 76.0 Å². The molecule has 1 saturated heterocycles. The van der Waals surface area contributed by atoms with E-state index in [4.69, 9.17) is 24.7 Å². The zero-order valence-electron chi connectivity index (χ0n) is 30.0. The van der Waals surface area contributed by atoms with Crippen molar-refractivity contribution in [1.82, 2.24) is 9.80 Å². The number of carbonyl (C=O) groups excluding carboxylic acids is 3. The lowest BCUT2D eigenvalue weighted by molar-refractivity contribution is -0.119. The van der Waals surface area contributed by atoms with Crippen LogP contribution < -0.4 is 35.3 Å². The van der Waals surface area contributed by atoms with Gasteiger partial charge in [-0.3, -0.25) is 14.4 Å². The fraction of sp³-hybridized carbons (Fsp3) is 0.439. The first kappa shape index (κ1) is 33.4. The summed E-state index contributed by atoms with van der Waals surface area (Å²) in [4.78, 5) is 44.3. The van der Waals surface area contributed by atoms with Crippen molar-refractivity contribution in [2.75, 3.05) is 49.8 Å². The van der Waals surface area contributed by atoms with E-state index in [1.54, 1.807) is 30.5 Å². The number of methoxy groups -OCH3 is 1. The molecule has 0 bridgehead atoms. The average molecular weight is 720 g/mol. The highest BCUT2D eigenvalue weighted by Crippen LogP contribution is 2.55. The predicted octanol–water partition coefficient (Wildman–Crippen LogP) is 6.07. The van der Waals surface area contributed by atoms with E-state index < -0.39 is 6.04 Å². The van der Waals surface area contributed by atoms with Gasteiger partial charge in [-0.05, 0) is 92.2 Å². The van der Waals surface area contributed by atoms with Gasteiger partial charge in [0.2, 0.25) is 5.91 Å². The van der Waals surface area contributed by atoms with Gasteiger partial charge < -0.3 is 45.1 Å². The zero-order chi connectivity index (χ0) is 36.3. The van der Waals surface area contributed by atoms with Crippen LogP contribution in [0.1, 0.15) is 84.1 Å². The van der Waals surface area contributed by atoms with Crippen molar-refractivity contribution < 1.29 is 33.3 Å². The maximum absolute atomic E-state index is 13.7. The fourth-order valence-corrected chi connectivity index (χ4v) is 8.10. The number of rotatable bonds is 12. The van der Waals surface area contributed by atoms with Gasteiger partial charge in [0.25, 0.3) is 11.8 Å². The molecule has 9 rings (SSSR count). The van der Waals surface area contributed by atoms with E-state index in [0.29, 0.717) is 70.5 Å². The third-order valence-electron chi connectivity index (χ3n) is 11.5. The molecule has 12 heteroatoms. The molecule has 12 nitrogen and oxygen atoms in total. The predicted molar refractivity (Wildman–Crippen MR) is 200 cm³/mol. The molecule has 2 aliphatic carbocycles. The Bertz CT molecular complexity index is 2000. The van der Waals surface area contributed by atoms with Crippen LogP contribution in [0.15, 0.2) is 54.7 Å². The summed E-state index contributed by atoms with van der Waals surface area (Å²) in [6.07, 6.45) is 10.3. The Labute approximate surface area is 308 Å². The Balaban J connectivity index is 0.806. The summed E-state index contributed by atoms with van der Waals surface area (Å²) in [5.74, 6) is 1.73. The molecule has 276 valence electrons. The van der Waals surface area contributed by atoms with Gasteiger partial charge in [0.05, 0.1) is 48.9 Å². The summed E-state index contributed by atoms with van der Waals surface area (Å²) in [5.41, 5.74) is 10.9. The number of hydrogen-bond donors (Lipinski definition) is 3. The number of nitrogens with two attached hydrogens (primary N) is 1. The summed E-state index contributed by atoms with van der Waals surface area (Å²) < 4.78 is 24.3. The second-order valence-corrected chi connectivity index (χ2v) is 15.3. The van der Waals surface area contributed by atoms with Gasteiger partial charge in [0, 0.05) is 49.6 Å². The molecule has 53 heavy (non-hydrogen) atoms. The Morgan fingerprint density at radius 3 is 2.26 bits per heavy atom. The third kappa shape index (κ3) is 6.48. The number of amides is 3. The number of carbonyl (C=O) groups is 3. The Kier molecular flexibility index (Phi) is 8.35. The lowest BCUT2D eigenvalue weighted by Gasteiger charge is -2.21. The highest BCUT2D eigenvalue weighted by molar-refractivity contribution is 6.12. The summed E-state index contributed by atoms with van der Waals surface area (Å²) in [6.45, 7) is 2.52. The molecule has 1 spiro atoms. The molecule has 3 aromatic carbocycles. The molecule has 2 saturated carbocycles. The van der Waals surface area contributed by atoms with Crippen LogP contribution in [0.25, 0.3) is 5.57 Å².